The van der Waals surface area contributed by atoms with Gasteiger partial charge in [-0.25, -0.2) is 4.79 Å². The van der Waals surface area contributed by atoms with E-state index in [2.05, 4.69) is 28.0 Å². The Bertz CT molecular complexity index is 1710. The minimum Gasteiger partial charge on any atom is -0.495 e. The summed E-state index contributed by atoms with van der Waals surface area (Å²) in [7, 11) is 1.73. The number of benzene rings is 3. The number of pyridine rings is 1. The lowest BCUT2D eigenvalue weighted by Crippen LogP contribution is -2.53. The predicted octanol–water partition coefficient (Wildman–Crippen LogP) is 8.37. The molecule has 0 unspecified atom stereocenters. The maximum atomic E-state index is 12.0. The van der Waals surface area contributed by atoms with E-state index in [4.69, 9.17) is 19.2 Å². The fraction of sp³-hybridized carbons (Fsp3) is 0.429. The first-order valence-electron chi connectivity index (χ1n) is 18.2. The number of aromatic nitrogens is 1. The number of amides is 1. The third-order valence-electron chi connectivity index (χ3n) is 10.1. The van der Waals surface area contributed by atoms with Crippen molar-refractivity contribution in [3.05, 3.63) is 102 Å². The molecule has 3 aromatic carbocycles. The van der Waals surface area contributed by atoms with Gasteiger partial charge in [0.05, 0.1) is 12.8 Å². The van der Waals surface area contributed by atoms with Gasteiger partial charge in [-0.15, -0.1) is 0 Å². The fourth-order valence-electron chi connectivity index (χ4n) is 7.51. The van der Waals surface area contributed by atoms with Crippen LogP contribution in [-0.2, 0) is 13.2 Å². The lowest BCUT2D eigenvalue weighted by atomic mass is 9.83. The van der Waals surface area contributed by atoms with E-state index in [-0.39, 0.29) is 11.6 Å². The summed E-state index contributed by atoms with van der Waals surface area (Å²) in [6.07, 6.45) is 3.23. The van der Waals surface area contributed by atoms with E-state index in [0.717, 1.165) is 92.1 Å². The van der Waals surface area contributed by atoms with Gasteiger partial charge in [0.15, 0.2) is 0 Å². The molecule has 4 aromatic rings. The molecule has 2 fully saturated rings. The van der Waals surface area contributed by atoms with Crippen molar-refractivity contribution in [3.63, 3.8) is 0 Å². The van der Waals surface area contributed by atoms with Crippen LogP contribution in [0.2, 0.25) is 0 Å². The average Bonchev–Trinajstić information content (AvgIpc) is 3.14. The molecular formula is C42H52N4O5. The van der Waals surface area contributed by atoms with Gasteiger partial charge in [0, 0.05) is 55.9 Å². The number of anilines is 1. The smallest absolute Gasteiger partial charge is 0.407 e. The van der Waals surface area contributed by atoms with Crippen molar-refractivity contribution in [1.82, 2.24) is 14.8 Å². The zero-order chi connectivity index (χ0) is 35.8. The van der Waals surface area contributed by atoms with Gasteiger partial charge in [-0.3, -0.25) is 4.90 Å². The first kappa shape index (κ1) is 36.0. The van der Waals surface area contributed by atoms with E-state index in [1.807, 2.05) is 93.6 Å². The Morgan fingerprint density at radius 3 is 2.04 bits per heavy atom. The monoisotopic (exact) mass is 692 g/mol. The van der Waals surface area contributed by atoms with Crippen LogP contribution in [-0.4, -0.2) is 77.4 Å². The van der Waals surface area contributed by atoms with Gasteiger partial charge in [0.2, 0.25) is 11.8 Å². The molecule has 2 aliphatic rings. The van der Waals surface area contributed by atoms with Crippen LogP contribution >= 0.6 is 0 Å². The molecule has 0 spiro atoms. The number of carbonyl (C=O) groups is 1. The number of methoxy groups -OCH3 is 1. The summed E-state index contributed by atoms with van der Waals surface area (Å²) in [5, 5.41) is 9.84. The summed E-state index contributed by atoms with van der Waals surface area (Å²) in [5.74, 6) is 2.45. The molecule has 1 aliphatic carbocycles. The molecule has 1 saturated heterocycles. The molecule has 6 rings (SSSR count). The third-order valence-corrected chi connectivity index (χ3v) is 10.1. The molecule has 1 saturated carbocycles. The predicted molar refractivity (Wildman–Crippen MR) is 202 cm³/mol. The zero-order valence-electron chi connectivity index (χ0n) is 30.5. The Hall–Kier alpha value is -4.76. The second-order valence-corrected chi connectivity index (χ2v) is 14.7. The Kier molecular flexibility index (Phi) is 11.7. The highest BCUT2D eigenvalue weighted by Crippen LogP contribution is 2.38. The fourth-order valence-corrected chi connectivity index (χ4v) is 7.51. The average molecular weight is 693 g/mol. The highest BCUT2D eigenvalue weighted by atomic mass is 16.5. The number of piperazine rings is 1. The quantitative estimate of drug-likeness (QED) is 0.159. The molecule has 0 radical (unpaired) electrons. The summed E-state index contributed by atoms with van der Waals surface area (Å²) >= 11 is 0. The van der Waals surface area contributed by atoms with Crippen molar-refractivity contribution in [2.24, 2.45) is 5.92 Å². The second-order valence-electron chi connectivity index (χ2n) is 14.7. The summed E-state index contributed by atoms with van der Waals surface area (Å²) in [5.41, 5.74) is 4.67. The van der Waals surface area contributed by atoms with Crippen LogP contribution in [0.5, 0.6) is 17.5 Å². The maximum Gasteiger partial charge on any atom is 0.407 e. The SMILES string of the molecule is COc1cc(-c2ccc(OCc3ccccc3)nc2OCc2ccccc2)ccc1N1CCN(CC2CCC(N(C(=O)O)C(C)(C)C)CC2)CC1. The number of carboxylic acid groups (broad SMARTS) is 1. The minimum absolute atomic E-state index is 0.110. The number of ether oxygens (including phenoxy) is 3. The molecule has 9 heteroatoms. The number of hydrogen-bond acceptors (Lipinski definition) is 7. The molecule has 1 aliphatic heterocycles. The minimum atomic E-state index is -0.805. The lowest BCUT2D eigenvalue weighted by molar-refractivity contribution is 0.0466. The Morgan fingerprint density at radius 2 is 1.45 bits per heavy atom. The van der Waals surface area contributed by atoms with Crippen molar-refractivity contribution >= 4 is 11.8 Å². The highest BCUT2D eigenvalue weighted by Gasteiger charge is 2.36. The number of hydrogen-bond donors (Lipinski definition) is 1. The van der Waals surface area contributed by atoms with E-state index < -0.39 is 6.09 Å². The van der Waals surface area contributed by atoms with E-state index in [1.165, 1.54) is 0 Å². The van der Waals surface area contributed by atoms with Crippen LogP contribution in [0.15, 0.2) is 91.0 Å². The zero-order valence-corrected chi connectivity index (χ0v) is 30.5. The van der Waals surface area contributed by atoms with Crippen molar-refractivity contribution < 1.29 is 24.1 Å². The Balaban J connectivity index is 1.10. The van der Waals surface area contributed by atoms with Gasteiger partial charge >= 0.3 is 6.09 Å². The van der Waals surface area contributed by atoms with Crippen molar-refractivity contribution in [1.29, 1.82) is 0 Å². The maximum absolute atomic E-state index is 12.0. The molecule has 0 atom stereocenters. The largest absolute Gasteiger partial charge is 0.495 e. The van der Waals surface area contributed by atoms with Crippen LogP contribution in [0, 0.1) is 5.92 Å². The Labute approximate surface area is 302 Å². The van der Waals surface area contributed by atoms with Gasteiger partial charge in [-0.2, -0.15) is 4.98 Å². The molecule has 270 valence electrons. The van der Waals surface area contributed by atoms with E-state index in [0.29, 0.717) is 30.9 Å². The van der Waals surface area contributed by atoms with Crippen molar-refractivity contribution in [2.45, 2.75) is 71.2 Å². The molecule has 9 nitrogen and oxygen atoms in total. The molecule has 0 bridgehead atoms. The van der Waals surface area contributed by atoms with Gasteiger partial charge in [-0.1, -0.05) is 66.7 Å². The number of nitrogens with zero attached hydrogens (tertiary/aromatic N) is 4. The van der Waals surface area contributed by atoms with Gasteiger partial charge < -0.3 is 29.1 Å². The standard InChI is InChI=1S/C42H52N4O5/c1-42(2,3)46(41(47)48)35-18-15-31(16-19-35)28-44-23-25-45(26-24-44)37-21-17-34(27-38(37)49-4)36-20-22-39(50-29-32-11-7-5-8-12-32)43-40(36)51-30-33-13-9-6-10-14-33/h5-14,17,20-22,27,31,35H,15-16,18-19,23-26,28-30H2,1-4H3,(H,47,48). The van der Waals surface area contributed by atoms with Crippen molar-refractivity contribution in [2.75, 3.05) is 44.7 Å². The van der Waals surface area contributed by atoms with E-state index in [1.54, 1.807) is 12.0 Å². The van der Waals surface area contributed by atoms with Crippen LogP contribution in [0.4, 0.5) is 10.5 Å². The van der Waals surface area contributed by atoms with Gasteiger partial charge in [0.25, 0.3) is 0 Å². The van der Waals surface area contributed by atoms with Gasteiger partial charge in [-0.05, 0) is 87.3 Å². The second kappa shape index (κ2) is 16.5. The first-order chi connectivity index (χ1) is 24.7. The lowest BCUT2D eigenvalue weighted by Gasteiger charge is -2.44. The summed E-state index contributed by atoms with van der Waals surface area (Å²) < 4.78 is 18.4. The summed E-state index contributed by atoms with van der Waals surface area (Å²) in [6.45, 7) is 11.7. The summed E-state index contributed by atoms with van der Waals surface area (Å²) in [4.78, 5) is 23.4. The van der Waals surface area contributed by atoms with Crippen molar-refractivity contribution in [3.8, 4) is 28.6 Å². The summed E-state index contributed by atoms with van der Waals surface area (Å²) in [6, 6.07) is 30.5. The molecule has 1 aromatic heterocycles. The molecular weight excluding hydrogens is 640 g/mol. The van der Waals surface area contributed by atoms with Crippen LogP contribution < -0.4 is 19.1 Å². The van der Waals surface area contributed by atoms with E-state index >= 15 is 0 Å². The normalized spacial score (nSPS) is 18.2. The van der Waals surface area contributed by atoms with Crippen LogP contribution in [0.3, 0.4) is 0 Å². The Morgan fingerprint density at radius 1 is 0.824 bits per heavy atom. The van der Waals surface area contributed by atoms with Crippen LogP contribution in [0.1, 0.15) is 57.6 Å². The highest BCUT2D eigenvalue weighted by molar-refractivity contribution is 5.75. The molecule has 1 N–H and O–H groups in total. The molecule has 1 amide bonds. The first-order valence-corrected chi connectivity index (χ1v) is 18.2. The topological polar surface area (TPSA) is 87.6 Å². The third kappa shape index (κ3) is 9.33. The van der Waals surface area contributed by atoms with E-state index in [9.17, 15) is 9.90 Å². The number of rotatable bonds is 12. The van der Waals surface area contributed by atoms with Crippen LogP contribution in [0.25, 0.3) is 11.1 Å². The molecule has 51 heavy (non-hydrogen) atoms. The van der Waals surface area contributed by atoms with Gasteiger partial charge in [0.1, 0.15) is 19.0 Å². The molecule has 2 heterocycles.